The van der Waals surface area contributed by atoms with Crippen molar-refractivity contribution < 1.29 is 19.5 Å². The largest absolute Gasteiger partial charge is 0.508 e. The molecule has 1 unspecified atom stereocenters. The van der Waals surface area contributed by atoms with Crippen LogP contribution in [0.1, 0.15) is 35.7 Å². The van der Waals surface area contributed by atoms with Gasteiger partial charge in [0.2, 0.25) is 0 Å². The highest BCUT2D eigenvalue weighted by Crippen LogP contribution is 2.31. The molecule has 7 nitrogen and oxygen atoms in total. The Morgan fingerprint density at radius 2 is 1.96 bits per heavy atom. The molecule has 2 fully saturated rings. The van der Waals surface area contributed by atoms with Gasteiger partial charge in [-0.2, -0.15) is 0 Å². The molecule has 2 saturated heterocycles. The molecule has 0 radical (unpaired) electrons. The fraction of sp³-hybridized carbons (Fsp3) is 0.471. The number of benzene rings is 1. The molecule has 4 amide bonds. The smallest absolute Gasteiger partial charge is 0.322 e. The van der Waals surface area contributed by atoms with E-state index in [2.05, 4.69) is 10.6 Å². The number of rotatable bonds is 2. The normalized spacial score (nSPS) is 24.7. The number of phenolic OH excluding ortho intramolecular Hbond substituents is 1. The van der Waals surface area contributed by atoms with Gasteiger partial charge in [0.05, 0.1) is 0 Å². The number of carbonyl (C=O) groups is 3. The van der Waals surface area contributed by atoms with Gasteiger partial charge in [0, 0.05) is 18.7 Å². The first-order valence-electron chi connectivity index (χ1n) is 8.04. The highest BCUT2D eigenvalue weighted by atomic mass is 16.3. The van der Waals surface area contributed by atoms with E-state index in [1.807, 2.05) is 0 Å². The third-order valence-electron chi connectivity index (χ3n) is 5.13. The van der Waals surface area contributed by atoms with E-state index in [-0.39, 0.29) is 23.5 Å². The Morgan fingerprint density at radius 1 is 1.29 bits per heavy atom. The molecular formula is C17H21N3O4. The maximum absolute atomic E-state index is 12.6. The Balaban J connectivity index is 1.66. The van der Waals surface area contributed by atoms with Gasteiger partial charge in [-0.1, -0.05) is 6.07 Å². The van der Waals surface area contributed by atoms with E-state index in [0.29, 0.717) is 31.5 Å². The molecule has 3 rings (SSSR count). The molecule has 0 aliphatic carbocycles. The summed E-state index contributed by atoms with van der Waals surface area (Å²) in [5.74, 6) is -0.345. The van der Waals surface area contributed by atoms with E-state index in [9.17, 15) is 19.5 Å². The summed E-state index contributed by atoms with van der Waals surface area (Å²) in [6, 6.07) is 4.44. The van der Waals surface area contributed by atoms with E-state index in [1.165, 1.54) is 6.07 Å². The van der Waals surface area contributed by atoms with Crippen LogP contribution in [0.3, 0.4) is 0 Å². The maximum Gasteiger partial charge on any atom is 0.322 e. The number of hydrogen-bond donors (Lipinski definition) is 3. The number of amides is 4. The van der Waals surface area contributed by atoms with Gasteiger partial charge < -0.3 is 15.3 Å². The van der Waals surface area contributed by atoms with Crippen molar-refractivity contribution in [3.8, 4) is 5.75 Å². The number of aromatic hydroxyl groups is 1. The van der Waals surface area contributed by atoms with Crippen LogP contribution in [-0.2, 0) is 4.79 Å². The molecule has 0 spiro atoms. The van der Waals surface area contributed by atoms with Crippen molar-refractivity contribution in [2.24, 2.45) is 5.92 Å². The zero-order chi connectivity index (χ0) is 17.5. The zero-order valence-corrected chi connectivity index (χ0v) is 13.8. The number of likely N-dealkylation sites (tertiary alicyclic amines) is 1. The second kappa shape index (κ2) is 5.81. The second-order valence-corrected chi connectivity index (χ2v) is 6.68. The molecule has 128 valence electrons. The van der Waals surface area contributed by atoms with Crippen LogP contribution in [-0.4, -0.2) is 46.5 Å². The number of nitrogens with zero attached hydrogens (tertiary/aromatic N) is 1. The average molecular weight is 331 g/mol. The number of hydrogen-bond acceptors (Lipinski definition) is 4. The van der Waals surface area contributed by atoms with Crippen molar-refractivity contribution in [1.29, 1.82) is 0 Å². The van der Waals surface area contributed by atoms with Crippen molar-refractivity contribution in [2.75, 3.05) is 13.1 Å². The molecule has 0 bridgehead atoms. The molecule has 2 heterocycles. The molecule has 0 saturated carbocycles. The first kappa shape index (κ1) is 16.3. The number of carbonyl (C=O) groups excluding carboxylic acids is 3. The molecule has 7 heteroatoms. The van der Waals surface area contributed by atoms with Crippen LogP contribution in [0.2, 0.25) is 0 Å². The Bertz CT molecular complexity index is 710. The summed E-state index contributed by atoms with van der Waals surface area (Å²) in [5, 5.41) is 14.7. The quantitative estimate of drug-likeness (QED) is 0.708. The summed E-state index contributed by atoms with van der Waals surface area (Å²) in [6.07, 6.45) is 1.27. The van der Waals surface area contributed by atoms with E-state index in [4.69, 9.17) is 0 Å². The maximum atomic E-state index is 12.6. The standard InChI is InChI=1S/C17H21N3O4/c1-10-3-4-11(9-13(10)21)14(22)20-7-5-12(6-8-20)17(2)15(23)18-16(24)19-17/h3-4,9,12,21H,5-8H2,1-2H3,(H2,18,19,23,24). The lowest BCUT2D eigenvalue weighted by molar-refractivity contribution is -0.125. The molecule has 1 aromatic rings. The summed E-state index contributed by atoms with van der Waals surface area (Å²) in [4.78, 5) is 37.7. The van der Waals surface area contributed by atoms with Crippen LogP contribution < -0.4 is 10.6 Å². The Labute approximate surface area is 140 Å². The average Bonchev–Trinajstić information content (AvgIpc) is 2.83. The molecular weight excluding hydrogens is 310 g/mol. The minimum absolute atomic E-state index is 0.0144. The Morgan fingerprint density at radius 3 is 2.50 bits per heavy atom. The van der Waals surface area contributed by atoms with Crippen LogP contribution >= 0.6 is 0 Å². The molecule has 1 atom stereocenters. The van der Waals surface area contributed by atoms with Crippen molar-refractivity contribution in [1.82, 2.24) is 15.5 Å². The molecule has 3 N–H and O–H groups in total. The van der Waals surface area contributed by atoms with E-state index < -0.39 is 11.6 Å². The Hall–Kier alpha value is -2.57. The fourth-order valence-electron chi connectivity index (χ4n) is 3.43. The lowest BCUT2D eigenvalue weighted by Crippen LogP contribution is -2.54. The minimum atomic E-state index is -0.908. The summed E-state index contributed by atoms with van der Waals surface area (Å²) in [7, 11) is 0. The molecule has 24 heavy (non-hydrogen) atoms. The monoisotopic (exact) mass is 331 g/mol. The number of piperidine rings is 1. The number of nitrogens with one attached hydrogen (secondary N) is 2. The first-order chi connectivity index (χ1) is 11.3. The molecule has 1 aromatic carbocycles. The van der Waals surface area contributed by atoms with E-state index in [0.717, 1.165) is 5.56 Å². The van der Waals surface area contributed by atoms with E-state index in [1.54, 1.807) is 30.9 Å². The van der Waals surface area contributed by atoms with Gasteiger partial charge in [-0.05, 0) is 50.3 Å². The summed E-state index contributed by atoms with van der Waals surface area (Å²) < 4.78 is 0. The van der Waals surface area contributed by atoms with Gasteiger partial charge in [-0.15, -0.1) is 0 Å². The predicted molar refractivity (Wildman–Crippen MR) is 86.6 cm³/mol. The SMILES string of the molecule is Cc1ccc(C(=O)N2CCC(C3(C)NC(=O)NC3=O)CC2)cc1O. The highest BCUT2D eigenvalue weighted by molar-refractivity contribution is 6.07. The zero-order valence-electron chi connectivity index (χ0n) is 13.8. The topological polar surface area (TPSA) is 98.7 Å². The second-order valence-electron chi connectivity index (χ2n) is 6.68. The first-order valence-corrected chi connectivity index (χ1v) is 8.04. The van der Waals surface area contributed by atoms with E-state index >= 15 is 0 Å². The lowest BCUT2D eigenvalue weighted by Gasteiger charge is -2.38. The number of imide groups is 1. The van der Waals surface area contributed by atoms with Gasteiger partial charge in [-0.3, -0.25) is 14.9 Å². The predicted octanol–water partition coefficient (Wildman–Crippen LogP) is 1.15. The third kappa shape index (κ3) is 2.70. The van der Waals surface area contributed by atoms with Crippen LogP contribution in [0.25, 0.3) is 0 Å². The summed E-state index contributed by atoms with van der Waals surface area (Å²) >= 11 is 0. The van der Waals surface area contributed by atoms with Gasteiger partial charge in [0.15, 0.2) is 0 Å². The van der Waals surface area contributed by atoms with Crippen molar-refractivity contribution in [2.45, 2.75) is 32.2 Å². The van der Waals surface area contributed by atoms with Crippen LogP contribution in [0.15, 0.2) is 18.2 Å². The minimum Gasteiger partial charge on any atom is -0.508 e. The molecule has 2 aliphatic rings. The van der Waals surface area contributed by atoms with Crippen LogP contribution in [0.5, 0.6) is 5.75 Å². The van der Waals surface area contributed by atoms with Crippen molar-refractivity contribution in [3.05, 3.63) is 29.3 Å². The molecule has 2 aliphatic heterocycles. The van der Waals surface area contributed by atoms with Crippen LogP contribution in [0.4, 0.5) is 4.79 Å². The van der Waals surface area contributed by atoms with Gasteiger partial charge in [-0.25, -0.2) is 4.79 Å². The van der Waals surface area contributed by atoms with Crippen molar-refractivity contribution in [3.63, 3.8) is 0 Å². The molecule has 0 aromatic heterocycles. The highest BCUT2D eigenvalue weighted by Gasteiger charge is 2.48. The number of phenols is 1. The van der Waals surface area contributed by atoms with Gasteiger partial charge in [0.25, 0.3) is 11.8 Å². The summed E-state index contributed by atoms with van der Waals surface area (Å²) in [6.45, 7) is 4.53. The van der Waals surface area contributed by atoms with Crippen LogP contribution in [0, 0.1) is 12.8 Å². The Kier molecular flexibility index (Phi) is 3.95. The van der Waals surface area contributed by atoms with Gasteiger partial charge in [0.1, 0.15) is 11.3 Å². The fourth-order valence-corrected chi connectivity index (χ4v) is 3.43. The summed E-state index contributed by atoms with van der Waals surface area (Å²) in [5.41, 5.74) is 0.268. The number of aryl methyl sites for hydroxylation is 1. The number of urea groups is 1. The third-order valence-corrected chi connectivity index (χ3v) is 5.13. The van der Waals surface area contributed by atoms with Gasteiger partial charge >= 0.3 is 6.03 Å². The van der Waals surface area contributed by atoms with Crippen molar-refractivity contribution >= 4 is 17.8 Å². The lowest BCUT2D eigenvalue weighted by atomic mass is 9.79.